The molecular weight excluding hydrogens is 344 g/mol. The topological polar surface area (TPSA) is 70.4 Å². The largest absolute Gasteiger partial charge is 0.490 e. The Labute approximate surface area is 156 Å². The van der Waals surface area contributed by atoms with Gasteiger partial charge < -0.3 is 9.47 Å². The van der Waals surface area contributed by atoms with Crippen LogP contribution < -0.4 is 10.3 Å². The van der Waals surface area contributed by atoms with Gasteiger partial charge in [-0.15, -0.1) is 0 Å². The van der Waals surface area contributed by atoms with Crippen LogP contribution in [-0.4, -0.2) is 28.7 Å². The van der Waals surface area contributed by atoms with Gasteiger partial charge in [-0.25, -0.2) is 9.78 Å². The second-order valence-corrected chi connectivity index (χ2v) is 6.57. The summed E-state index contributed by atoms with van der Waals surface area (Å²) in [5.74, 6) is 1.11. The molecule has 0 bridgehead atoms. The lowest BCUT2D eigenvalue weighted by atomic mass is 10.1. The number of carbonyl (C=O) groups excluding carboxylic acids is 1. The van der Waals surface area contributed by atoms with Gasteiger partial charge in [0, 0.05) is 13.0 Å². The predicted molar refractivity (Wildman–Crippen MR) is 101 cm³/mol. The molecule has 0 spiro atoms. The van der Waals surface area contributed by atoms with E-state index < -0.39 is 5.97 Å². The van der Waals surface area contributed by atoms with E-state index in [9.17, 15) is 9.59 Å². The highest BCUT2D eigenvalue weighted by Crippen LogP contribution is 2.17. The van der Waals surface area contributed by atoms with Gasteiger partial charge in [-0.2, -0.15) is 0 Å². The lowest BCUT2D eigenvalue weighted by Gasteiger charge is -2.10. The third-order valence-corrected chi connectivity index (χ3v) is 4.72. The average molecular weight is 364 g/mol. The fourth-order valence-electron chi connectivity index (χ4n) is 3.30. The highest BCUT2D eigenvalue weighted by Gasteiger charge is 2.17. The first kappa shape index (κ1) is 17.3. The van der Waals surface area contributed by atoms with Crippen LogP contribution in [-0.2, 0) is 17.7 Å². The molecule has 4 rings (SSSR count). The Hall–Kier alpha value is -3.15. The van der Waals surface area contributed by atoms with E-state index in [1.165, 1.54) is 0 Å². The van der Waals surface area contributed by atoms with Gasteiger partial charge in [-0.1, -0.05) is 18.2 Å². The van der Waals surface area contributed by atoms with Crippen LogP contribution in [0.3, 0.4) is 0 Å². The molecule has 27 heavy (non-hydrogen) atoms. The summed E-state index contributed by atoms with van der Waals surface area (Å²) in [6, 6.07) is 12.6. The van der Waals surface area contributed by atoms with Gasteiger partial charge in [-0.05, 0) is 43.2 Å². The minimum Gasteiger partial charge on any atom is -0.490 e. The quantitative estimate of drug-likeness (QED) is 0.514. The maximum atomic E-state index is 12.5. The number of aryl methyl sites for hydroxylation is 2. The lowest BCUT2D eigenvalue weighted by Crippen LogP contribution is -2.21. The SMILES string of the molecule is Cc1ccccc1OCCOC(=O)c1ccc2c(=O)n3c(nc2c1)CCC3. The highest BCUT2D eigenvalue weighted by molar-refractivity contribution is 5.94. The number of carbonyl (C=O) groups is 1. The summed E-state index contributed by atoms with van der Waals surface area (Å²) in [6.45, 7) is 3.09. The van der Waals surface area contributed by atoms with Gasteiger partial charge in [0.05, 0.1) is 16.5 Å². The molecular formula is C21H20N2O4. The highest BCUT2D eigenvalue weighted by atomic mass is 16.6. The summed E-state index contributed by atoms with van der Waals surface area (Å²) >= 11 is 0. The Balaban J connectivity index is 1.43. The number of esters is 1. The van der Waals surface area contributed by atoms with E-state index in [1.54, 1.807) is 22.8 Å². The molecule has 1 aromatic heterocycles. The van der Waals surface area contributed by atoms with Gasteiger partial charge >= 0.3 is 5.97 Å². The molecule has 138 valence electrons. The fraction of sp³-hybridized carbons (Fsp3) is 0.286. The van der Waals surface area contributed by atoms with Crippen molar-refractivity contribution in [3.8, 4) is 5.75 Å². The molecule has 6 heteroatoms. The van der Waals surface area contributed by atoms with Crippen molar-refractivity contribution in [1.82, 2.24) is 9.55 Å². The summed E-state index contributed by atoms with van der Waals surface area (Å²) in [6.07, 6.45) is 1.71. The first-order valence-electron chi connectivity index (χ1n) is 9.02. The molecule has 0 saturated carbocycles. The van der Waals surface area contributed by atoms with Gasteiger partial charge in [0.25, 0.3) is 5.56 Å². The Bertz CT molecular complexity index is 1070. The smallest absolute Gasteiger partial charge is 0.338 e. The monoisotopic (exact) mass is 364 g/mol. The molecule has 0 aliphatic carbocycles. The van der Waals surface area contributed by atoms with Crippen LogP contribution in [0.15, 0.2) is 47.3 Å². The fourth-order valence-corrected chi connectivity index (χ4v) is 3.30. The molecule has 0 atom stereocenters. The number of ether oxygens (including phenoxy) is 2. The summed E-state index contributed by atoms with van der Waals surface area (Å²) in [5, 5.41) is 0.528. The number of fused-ring (bicyclic) bond motifs is 2. The van der Waals surface area contributed by atoms with Crippen LogP contribution in [0.4, 0.5) is 0 Å². The van der Waals surface area contributed by atoms with Crippen molar-refractivity contribution in [2.24, 2.45) is 0 Å². The Kier molecular flexibility index (Phi) is 4.62. The number of hydrogen-bond donors (Lipinski definition) is 0. The van der Waals surface area contributed by atoms with Crippen molar-refractivity contribution >= 4 is 16.9 Å². The van der Waals surface area contributed by atoms with Crippen LogP contribution in [0.2, 0.25) is 0 Å². The standard InChI is InChI=1S/C21H20N2O4/c1-14-5-2-3-6-18(14)26-11-12-27-21(25)15-8-9-16-17(13-15)22-19-7-4-10-23(19)20(16)24/h2-3,5-6,8-9,13H,4,7,10-12H2,1H3. The zero-order valence-electron chi connectivity index (χ0n) is 15.1. The third kappa shape index (κ3) is 3.43. The van der Waals surface area contributed by atoms with Crippen LogP contribution in [0.25, 0.3) is 10.9 Å². The molecule has 3 aromatic rings. The Morgan fingerprint density at radius 1 is 1.19 bits per heavy atom. The summed E-state index contributed by atoms with van der Waals surface area (Å²) in [4.78, 5) is 29.3. The number of hydrogen-bond acceptors (Lipinski definition) is 5. The molecule has 0 radical (unpaired) electrons. The molecule has 0 N–H and O–H groups in total. The first-order chi connectivity index (χ1) is 13.1. The van der Waals surface area contributed by atoms with E-state index in [0.717, 1.165) is 30.0 Å². The van der Waals surface area contributed by atoms with Crippen LogP contribution in [0.5, 0.6) is 5.75 Å². The van der Waals surface area contributed by atoms with Crippen LogP contribution in [0.1, 0.15) is 28.2 Å². The van der Waals surface area contributed by atoms with Crippen molar-refractivity contribution in [3.05, 3.63) is 69.8 Å². The Morgan fingerprint density at radius 2 is 2.04 bits per heavy atom. The minimum absolute atomic E-state index is 0.0425. The lowest BCUT2D eigenvalue weighted by molar-refractivity contribution is 0.0450. The van der Waals surface area contributed by atoms with Crippen LogP contribution in [0, 0.1) is 6.92 Å². The minimum atomic E-state index is -0.451. The van der Waals surface area contributed by atoms with Crippen LogP contribution >= 0.6 is 0 Å². The van der Waals surface area contributed by atoms with E-state index >= 15 is 0 Å². The average Bonchev–Trinajstić information content (AvgIpc) is 3.15. The summed E-state index contributed by atoms with van der Waals surface area (Å²) in [7, 11) is 0. The second kappa shape index (κ2) is 7.23. The number of aromatic nitrogens is 2. The van der Waals surface area contributed by atoms with Crippen molar-refractivity contribution in [2.45, 2.75) is 26.3 Å². The number of nitrogens with zero attached hydrogens (tertiary/aromatic N) is 2. The first-order valence-corrected chi connectivity index (χ1v) is 9.02. The molecule has 2 aromatic carbocycles. The van der Waals surface area contributed by atoms with E-state index in [4.69, 9.17) is 9.47 Å². The second-order valence-electron chi connectivity index (χ2n) is 6.57. The van der Waals surface area contributed by atoms with Crippen molar-refractivity contribution in [2.75, 3.05) is 13.2 Å². The molecule has 0 fully saturated rings. The van der Waals surface area contributed by atoms with E-state index in [0.29, 0.717) is 23.0 Å². The van der Waals surface area contributed by atoms with Crippen molar-refractivity contribution in [1.29, 1.82) is 0 Å². The normalized spacial score (nSPS) is 12.8. The molecule has 2 heterocycles. The third-order valence-electron chi connectivity index (χ3n) is 4.72. The predicted octanol–water partition coefficient (Wildman–Crippen LogP) is 2.89. The molecule has 1 aliphatic heterocycles. The van der Waals surface area contributed by atoms with E-state index in [2.05, 4.69) is 4.98 Å². The van der Waals surface area contributed by atoms with E-state index in [1.807, 2.05) is 31.2 Å². The number of rotatable bonds is 5. The number of para-hydroxylation sites is 1. The number of benzene rings is 2. The molecule has 0 saturated heterocycles. The van der Waals surface area contributed by atoms with E-state index in [-0.39, 0.29) is 18.8 Å². The zero-order valence-corrected chi connectivity index (χ0v) is 15.1. The van der Waals surface area contributed by atoms with Gasteiger partial charge in [0.15, 0.2) is 0 Å². The molecule has 0 amide bonds. The summed E-state index contributed by atoms with van der Waals surface area (Å²) in [5.41, 5.74) is 1.91. The van der Waals surface area contributed by atoms with Crippen molar-refractivity contribution in [3.63, 3.8) is 0 Å². The maximum absolute atomic E-state index is 12.5. The Morgan fingerprint density at radius 3 is 2.89 bits per heavy atom. The van der Waals surface area contributed by atoms with Crippen molar-refractivity contribution < 1.29 is 14.3 Å². The maximum Gasteiger partial charge on any atom is 0.338 e. The zero-order chi connectivity index (χ0) is 18.8. The molecule has 1 aliphatic rings. The van der Waals surface area contributed by atoms with Gasteiger partial charge in [-0.3, -0.25) is 9.36 Å². The van der Waals surface area contributed by atoms with Gasteiger partial charge in [0.2, 0.25) is 0 Å². The molecule has 6 nitrogen and oxygen atoms in total. The molecule has 0 unspecified atom stereocenters. The summed E-state index contributed by atoms with van der Waals surface area (Å²) < 4.78 is 12.6. The van der Waals surface area contributed by atoms with Gasteiger partial charge in [0.1, 0.15) is 24.8 Å².